The molecule has 4 nitrogen and oxygen atoms in total. The van der Waals surface area contributed by atoms with E-state index in [0.717, 1.165) is 30.2 Å². The standard InChI is InChI=1S/C17H24N4/c1-12-14(18)20-16(17(2,3)4)21-15(12)19-11-10-13-8-6-5-7-9-13/h5-9H,10-11H2,1-4H3,(H3,18,19,20,21). The Labute approximate surface area is 126 Å². The molecule has 2 rings (SSSR count). The first-order valence-corrected chi connectivity index (χ1v) is 7.30. The van der Waals surface area contributed by atoms with Gasteiger partial charge in [0.05, 0.1) is 0 Å². The maximum absolute atomic E-state index is 6.01. The van der Waals surface area contributed by atoms with Crippen molar-refractivity contribution in [2.24, 2.45) is 0 Å². The van der Waals surface area contributed by atoms with E-state index in [1.807, 2.05) is 13.0 Å². The smallest absolute Gasteiger partial charge is 0.138 e. The topological polar surface area (TPSA) is 63.8 Å². The number of hydrogen-bond donors (Lipinski definition) is 2. The fourth-order valence-corrected chi connectivity index (χ4v) is 2.01. The molecule has 0 aliphatic heterocycles. The van der Waals surface area contributed by atoms with E-state index in [1.54, 1.807) is 0 Å². The SMILES string of the molecule is Cc1c(N)nc(C(C)(C)C)nc1NCCc1ccccc1. The zero-order chi connectivity index (χ0) is 15.5. The third-order valence-corrected chi connectivity index (χ3v) is 3.40. The Bertz CT molecular complexity index is 600. The first-order valence-electron chi connectivity index (χ1n) is 7.30. The zero-order valence-electron chi connectivity index (χ0n) is 13.3. The third kappa shape index (κ3) is 3.94. The number of aromatic nitrogens is 2. The van der Waals surface area contributed by atoms with E-state index in [2.05, 4.69) is 60.3 Å². The lowest BCUT2D eigenvalue weighted by atomic mass is 9.95. The summed E-state index contributed by atoms with van der Waals surface area (Å²) in [6.45, 7) is 9.04. The molecular weight excluding hydrogens is 260 g/mol. The maximum atomic E-state index is 6.01. The maximum Gasteiger partial charge on any atom is 0.138 e. The molecule has 0 aliphatic carbocycles. The van der Waals surface area contributed by atoms with E-state index in [1.165, 1.54) is 5.56 Å². The summed E-state index contributed by atoms with van der Waals surface area (Å²) in [5.41, 5.74) is 8.12. The van der Waals surface area contributed by atoms with Crippen LogP contribution in [0.15, 0.2) is 30.3 Å². The van der Waals surface area contributed by atoms with Crippen molar-refractivity contribution in [3.8, 4) is 0 Å². The Morgan fingerprint density at radius 2 is 1.76 bits per heavy atom. The molecule has 0 amide bonds. The predicted molar refractivity (Wildman–Crippen MR) is 88.5 cm³/mol. The minimum absolute atomic E-state index is 0.113. The van der Waals surface area contributed by atoms with Crippen molar-refractivity contribution in [3.63, 3.8) is 0 Å². The average molecular weight is 284 g/mol. The van der Waals surface area contributed by atoms with Crippen LogP contribution in [0.1, 0.15) is 37.7 Å². The van der Waals surface area contributed by atoms with Crippen LogP contribution >= 0.6 is 0 Å². The van der Waals surface area contributed by atoms with Crippen LogP contribution in [0, 0.1) is 6.92 Å². The first-order chi connectivity index (χ1) is 9.88. The minimum atomic E-state index is -0.113. The summed E-state index contributed by atoms with van der Waals surface area (Å²) < 4.78 is 0. The largest absolute Gasteiger partial charge is 0.383 e. The van der Waals surface area contributed by atoms with E-state index in [0.29, 0.717) is 5.82 Å². The number of hydrogen-bond acceptors (Lipinski definition) is 4. The van der Waals surface area contributed by atoms with Gasteiger partial charge in [0.1, 0.15) is 17.5 Å². The van der Waals surface area contributed by atoms with Crippen LogP contribution in [0.5, 0.6) is 0 Å². The summed E-state index contributed by atoms with van der Waals surface area (Å²) in [6, 6.07) is 10.4. The Morgan fingerprint density at radius 1 is 1.10 bits per heavy atom. The van der Waals surface area contributed by atoms with Crippen molar-refractivity contribution in [2.45, 2.75) is 39.5 Å². The molecule has 0 bridgehead atoms. The molecule has 2 aromatic rings. The zero-order valence-corrected chi connectivity index (χ0v) is 13.3. The van der Waals surface area contributed by atoms with Gasteiger partial charge in [0, 0.05) is 17.5 Å². The molecule has 1 aromatic heterocycles. The molecule has 21 heavy (non-hydrogen) atoms. The second kappa shape index (κ2) is 6.12. The summed E-state index contributed by atoms with van der Waals surface area (Å²) in [7, 11) is 0. The highest BCUT2D eigenvalue weighted by atomic mass is 15.1. The highest BCUT2D eigenvalue weighted by Gasteiger charge is 2.20. The van der Waals surface area contributed by atoms with Crippen molar-refractivity contribution >= 4 is 11.6 Å². The lowest BCUT2D eigenvalue weighted by Crippen LogP contribution is -2.20. The van der Waals surface area contributed by atoms with Crippen molar-refractivity contribution in [3.05, 3.63) is 47.3 Å². The number of rotatable bonds is 4. The van der Waals surface area contributed by atoms with Gasteiger partial charge in [-0.25, -0.2) is 9.97 Å². The van der Waals surface area contributed by atoms with Crippen LogP contribution in [-0.2, 0) is 11.8 Å². The van der Waals surface area contributed by atoms with Gasteiger partial charge in [-0.2, -0.15) is 0 Å². The van der Waals surface area contributed by atoms with Gasteiger partial charge in [-0.05, 0) is 18.9 Å². The normalized spacial score (nSPS) is 11.4. The molecule has 0 aliphatic rings. The van der Waals surface area contributed by atoms with Crippen LogP contribution < -0.4 is 11.1 Å². The van der Waals surface area contributed by atoms with E-state index in [4.69, 9.17) is 5.73 Å². The van der Waals surface area contributed by atoms with Crippen LogP contribution in [0.4, 0.5) is 11.6 Å². The first kappa shape index (κ1) is 15.3. The predicted octanol–water partition coefficient (Wildman–Crippen LogP) is 3.32. The number of nitrogens with two attached hydrogens (primary N) is 1. The van der Waals surface area contributed by atoms with Gasteiger partial charge < -0.3 is 11.1 Å². The highest BCUT2D eigenvalue weighted by molar-refractivity contribution is 5.55. The van der Waals surface area contributed by atoms with E-state index in [-0.39, 0.29) is 5.41 Å². The summed E-state index contributed by atoms with van der Waals surface area (Å²) in [5, 5.41) is 3.38. The van der Waals surface area contributed by atoms with Gasteiger partial charge >= 0.3 is 0 Å². The lowest BCUT2D eigenvalue weighted by Gasteiger charge is -2.19. The van der Waals surface area contributed by atoms with Gasteiger partial charge in [-0.15, -0.1) is 0 Å². The molecule has 1 heterocycles. The van der Waals surface area contributed by atoms with Gasteiger partial charge in [0.15, 0.2) is 0 Å². The number of anilines is 2. The average Bonchev–Trinajstić information content (AvgIpc) is 2.43. The second-order valence-electron chi connectivity index (χ2n) is 6.32. The molecule has 0 spiro atoms. The number of nitrogens with one attached hydrogen (secondary N) is 1. The molecule has 0 unspecified atom stereocenters. The van der Waals surface area contributed by atoms with Gasteiger partial charge in [0.2, 0.25) is 0 Å². The van der Waals surface area contributed by atoms with Crippen LogP contribution in [0.3, 0.4) is 0 Å². The number of benzene rings is 1. The van der Waals surface area contributed by atoms with Crippen LogP contribution in [-0.4, -0.2) is 16.5 Å². The molecule has 0 radical (unpaired) electrons. The minimum Gasteiger partial charge on any atom is -0.383 e. The lowest BCUT2D eigenvalue weighted by molar-refractivity contribution is 0.546. The Balaban J connectivity index is 2.11. The van der Waals surface area contributed by atoms with Crippen LogP contribution in [0.2, 0.25) is 0 Å². The fourth-order valence-electron chi connectivity index (χ4n) is 2.01. The highest BCUT2D eigenvalue weighted by Crippen LogP contribution is 2.24. The number of nitrogen functional groups attached to an aromatic ring is 1. The third-order valence-electron chi connectivity index (χ3n) is 3.40. The van der Waals surface area contributed by atoms with Crippen molar-refractivity contribution in [1.29, 1.82) is 0 Å². The van der Waals surface area contributed by atoms with Crippen molar-refractivity contribution in [2.75, 3.05) is 17.6 Å². The molecule has 1 aromatic carbocycles. The molecular formula is C17H24N4. The van der Waals surface area contributed by atoms with Crippen molar-refractivity contribution < 1.29 is 0 Å². The molecule has 0 fully saturated rings. The molecule has 0 atom stereocenters. The Morgan fingerprint density at radius 3 is 2.38 bits per heavy atom. The van der Waals surface area contributed by atoms with Gasteiger partial charge in [-0.3, -0.25) is 0 Å². The summed E-state index contributed by atoms with van der Waals surface area (Å²) >= 11 is 0. The van der Waals surface area contributed by atoms with E-state index >= 15 is 0 Å². The summed E-state index contributed by atoms with van der Waals surface area (Å²) in [6.07, 6.45) is 0.953. The molecule has 3 N–H and O–H groups in total. The number of nitrogens with zero attached hydrogens (tertiary/aromatic N) is 2. The summed E-state index contributed by atoms with van der Waals surface area (Å²) in [4.78, 5) is 9.03. The molecule has 0 saturated carbocycles. The molecule has 112 valence electrons. The molecule has 0 saturated heterocycles. The molecule has 4 heteroatoms. The Kier molecular flexibility index (Phi) is 4.46. The van der Waals surface area contributed by atoms with Crippen LogP contribution in [0.25, 0.3) is 0 Å². The Hall–Kier alpha value is -2.10. The second-order valence-corrected chi connectivity index (χ2v) is 6.32. The van der Waals surface area contributed by atoms with E-state index in [9.17, 15) is 0 Å². The summed E-state index contributed by atoms with van der Waals surface area (Å²) in [5.74, 6) is 2.16. The quantitative estimate of drug-likeness (QED) is 0.904. The van der Waals surface area contributed by atoms with E-state index < -0.39 is 0 Å². The van der Waals surface area contributed by atoms with Crippen molar-refractivity contribution in [1.82, 2.24) is 9.97 Å². The van der Waals surface area contributed by atoms with Gasteiger partial charge in [0.25, 0.3) is 0 Å². The monoisotopic (exact) mass is 284 g/mol. The fraction of sp³-hybridized carbons (Fsp3) is 0.412. The van der Waals surface area contributed by atoms with Gasteiger partial charge in [-0.1, -0.05) is 51.1 Å².